The summed E-state index contributed by atoms with van der Waals surface area (Å²) >= 11 is 0. The highest BCUT2D eigenvalue weighted by molar-refractivity contribution is 5.35. The number of allylic oxidation sites excluding steroid dienone is 1. The summed E-state index contributed by atoms with van der Waals surface area (Å²) in [6.07, 6.45) is 3.15. The standard InChI is InChI=1S/C11H14FNO/c1-2-3-7-10(13)8-5-4-6-9(12)11(8)14/h2,4-6,10,14H,1,3,7,13H2/t10-/m1/s1. The molecule has 76 valence electrons. The van der Waals surface area contributed by atoms with Crippen molar-refractivity contribution in [2.75, 3.05) is 0 Å². The third-order valence-electron chi connectivity index (χ3n) is 2.10. The molecule has 1 aromatic rings. The molecule has 0 heterocycles. The lowest BCUT2D eigenvalue weighted by molar-refractivity contribution is 0.419. The van der Waals surface area contributed by atoms with Crippen molar-refractivity contribution < 1.29 is 9.50 Å². The van der Waals surface area contributed by atoms with Crippen molar-refractivity contribution in [3.05, 3.63) is 42.2 Å². The fourth-order valence-corrected chi connectivity index (χ4v) is 1.28. The largest absolute Gasteiger partial charge is 0.505 e. The smallest absolute Gasteiger partial charge is 0.165 e. The van der Waals surface area contributed by atoms with E-state index >= 15 is 0 Å². The van der Waals surface area contributed by atoms with Gasteiger partial charge in [-0.15, -0.1) is 6.58 Å². The molecule has 1 atom stereocenters. The minimum atomic E-state index is -0.628. The van der Waals surface area contributed by atoms with Crippen LogP contribution < -0.4 is 5.73 Å². The van der Waals surface area contributed by atoms with Gasteiger partial charge in [-0.1, -0.05) is 18.2 Å². The maximum absolute atomic E-state index is 12.9. The zero-order valence-corrected chi connectivity index (χ0v) is 7.91. The lowest BCUT2D eigenvalue weighted by atomic mass is 10.0. The second-order valence-electron chi connectivity index (χ2n) is 3.15. The molecule has 1 rings (SSSR count). The average Bonchev–Trinajstić information content (AvgIpc) is 2.18. The van der Waals surface area contributed by atoms with Crippen LogP contribution in [0.5, 0.6) is 5.75 Å². The maximum Gasteiger partial charge on any atom is 0.165 e. The topological polar surface area (TPSA) is 46.2 Å². The first-order chi connectivity index (χ1) is 6.66. The van der Waals surface area contributed by atoms with Gasteiger partial charge in [-0.2, -0.15) is 0 Å². The molecule has 0 amide bonds. The Labute approximate surface area is 82.9 Å². The van der Waals surface area contributed by atoms with Gasteiger partial charge in [-0.05, 0) is 18.9 Å². The highest BCUT2D eigenvalue weighted by Crippen LogP contribution is 2.27. The van der Waals surface area contributed by atoms with Crippen LogP contribution in [0.1, 0.15) is 24.4 Å². The molecule has 0 bridgehead atoms. The van der Waals surface area contributed by atoms with Crippen LogP contribution in [0, 0.1) is 5.82 Å². The maximum atomic E-state index is 12.9. The second-order valence-corrected chi connectivity index (χ2v) is 3.15. The molecule has 0 fully saturated rings. The van der Waals surface area contributed by atoms with E-state index < -0.39 is 5.82 Å². The first-order valence-electron chi connectivity index (χ1n) is 4.50. The summed E-state index contributed by atoms with van der Waals surface area (Å²) in [5, 5.41) is 9.39. The number of para-hydroxylation sites is 1. The van der Waals surface area contributed by atoms with E-state index in [-0.39, 0.29) is 11.8 Å². The van der Waals surface area contributed by atoms with E-state index in [1.54, 1.807) is 12.1 Å². The van der Waals surface area contributed by atoms with Gasteiger partial charge in [0.2, 0.25) is 0 Å². The van der Waals surface area contributed by atoms with Crippen molar-refractivity contribution in [2.45, 2.75) is 18.9 Å². The Kier molecular flexibility index (Phi) is 3.65. The number of aromatic hydroxyl groups is 1. The molecular formula is C11H14FNO. The fraction of sp³-hybridized carbons (Fsp3) is 0.273. The van der Waals surface area contributed by atoms with Crippen molar-refractivity contribution in [3.63, 3.8) is 0 Å². The number of hydrogen-bond donors (Lipinski definition) is 2. The first kappa shape index (κ1) is 10.7. The molecule has 0 aliphatic carbocycles. The summed E-state index contributed by atoms with van der Waals surface area (Å²) in [4.78, 5) is 0. The lowest BCUT2D eigenvalue weighted by Crippen LogP contribution is -2.10. The summed E-state index contributed by atoms with van der Waals surface area (Å²) in [7, 11) is 0. The molecular weight excluding hydrogens is 181 g/mol. The number of nitrogens with two attached hydrogens (primary N) is 1. The van der Waals surface area contributed by atoms with E-state index in [0.717, 1.165) is 6.42 Å². The van der Waals surface area contributed by atoms with Crippen LogP contribution in [0.2, 0.25) is 0 Å². The molecule has 2 nitrogen and oxygen atoms in total. The van der Waals surface area contributed by atoms with Crippen molar-refractivity contribution >= 4 is 0 Å². The molecule has 0 unspecified atom stereocenters. The average molecular weight is 195 g/mol. The highest BCUT2D eigenvalue weighted by Gasteiger charge is 2.12. The van der Waals surface area contributed by atoms with Gasteiger partial charge >= 0.3 is 0 Å². The van der Waals surface area contributed by atoms with Gasteiger partial charge in [0.25, 0.3) is 0 Å². The minimum absolute atomic E-state index is 0.343. The van der Waals surface area contributed by atoms with Gasteiger partial charge in [-0.25, -0.2) is 4.39 Å². The van der Waals surface area contributed by atoms with Crippen molar-refractivity contribution in [1.82, 2.24) is 0 Å². The number of halogens is 1. The Hall–Kier alpha value is -1.35. The van der Waals surface area contributed by atoms with Crippen molar-refractivity contribution in [1.29, 1.82) is 0 Å². The van der Waals surface area contributed by atoms with Gasteiger partial charge in [-0.3, -0.25) is 0 Å². The Morgan fingerprint density at radius 3 is 2.93 bits per heavy atom. The zero-order valence-electron chi connectivity index (χ0n) is 7.91. The van der Waals surface area contributed by atoms with E-state index in [1.807, 2.05) is 0 Å². The fourth-order valence-electron chi connectivity index (χ4n) is 1.28. The number of phenols is 1. The van der Waals surface area contributed by atoms with Crippen molar-refractivity contribution in [3.8, 4) is 5.75 Å². The van der Waals surface area contributed by atoms with Gasteiger partial charge in [0.1, 0.15) is 0 Å². The Morgan fingerprint density at radius 2 is 2.29 bits per heavy atom. The molecule has 0 aliphatic rings. The number of benzene rings is 1. The quantitative estimate of drug-likeness (QED) is 0.725. The van der Waals surface area contributed by atoms with Gasteiger partial charge in [0.15, 0.2) is 11.6 Å². The molecule has 14 heavy (non-hydrogen) atoms. The predicted molar refractivity (Wildman–Crippen MR) is 54.4 cm³/mol. The number of rotatable bonds is 4. The molecule has 0 radical (unpaired) electrons. The lowest BCUT2D eigenvalue weighted by Gasteiger charge is -2.12. The van der Waals surface area contributed by atoms with E-state index in [2.05, 4.69) is 6.58 Å². The minimum Gasteiger partial charge on any atom is -0.505 e. The molecule has 0 saturated carbocycles. The molecule has 0 saturated heterocycles. The Bertz CT molecular complexity index is 325. The molecule has 0 aliphatic heterocycles. The van der Waals surface area contributed by atoms with Gasteiger partial charge < -0.3 is 10.8 Å². The van der Waals surface area contributed by atoms with E-state index in [1.165, 1.54) is 12.1 Å². The summed E-state index contributed by atoms with van der Waals surface area (Å²) < 4.78 is 12.9. The Balaban J connectivity index is 2.83. The van der Waals surface area contributed by atoms with E-state index in [4.69, 9.17) is 5.73 Å². The van der Waals surface area contributed by atoms with Crippen LogP contribution in [-0.2, 0) is 0 Å². The van der Waals surface area contributed by atoms with Crippen LogP contribution in [-0.4, -0.2) is 5.11 Å². The van der Waals surface area contributed by atoms with Crippen LogP contribution in [0.4, 0.5) is 4.39 Å². The molecule has 3 heteroatoms. The monoisotopic (exact) mass is 195 g/mol. The third kappa shape index (κ3) is 2.33. The molecule has 0 spiro atoms. The van der Waals surface area contributed by atoms with E-state index in [0.29, 0.717) is 12.0 Å². The van der Waals surface area contributed by atoms with E-state index in [9.17, 15) is 9.50 Å². The first-order valence-corrected chi connectivity index (χ1v) is 4.50. The molecule has 0 aromatic heterocycles. The SMILES string of the molecule is C=CCC[C@@H](N)c1cccc(F)c1O. The summed E-state index contributed by atoms with van der Waals surface area (Å²) in [6.45, 7) is 3.57. The van der Waals surface area contributed by atoms with Crippen LogP contribution in [0.15, 0.2) is 30.9 Å². The van der Waals surface area contributed by atoms with Crippen LogP contribution >= 0.6 is 0 Å². The van der Waals surface area contributed by atoms with Crippen LogP contribution in [0.3, 0.4) is 0 Å². The van der Waals surface area contributed by atoms with Gasteiger partial charge in [0.05, 0.1) is 0 Å². The molecule has 1 aromatic carbocycles. The summed E-state index contributed by atoms with van der Waals surface area (Å²) in [5.74, 6) is -0.972. The number of hydrogen-bond acceptors (Lipinski definition) is 2. The zero-order chi connectivity index (χ0) is 10.6. The third-order valence-corrected chi connectivity index (χ3v) is 2.10. The molecule has 3 N–H and O–H groups in total. The summed E-state index contributed by atoms with van der Waals surface area (Å²) in [5.41, 5.74) is 6.23. The van der Waals surface area contributed by atoms with Crippen LogP contribution in [0.25, 0.3) is 0 Å². The normalized spacial score (nSPS) is 12.4. The Morgan fingerprint density at radius 1 is 1.57 bits per heavy atom. The predicted octanol–water partition coefficient (Wildman–Crippen LogP) is 2.50. The highest BCUT2D eigenvalue weighted by atomic mass is 19.1. The second kappa shape index (κ2) is 4.77. The van der Waals surface area contributed by atoms with Crippen molar-refractivity contribution in [2.24, 2.45) is 5.73 Å². The van der Waals surface area contributed by atoms with Gasteiger partial charge in [0, 0.05) is 11.6 Å². The summed E-state index contributed by atoms with van der Waals surface area (Å²) in [6, 6.07) is 4.03. The number of phenolic OH excluding ortho intramolecular Hbond substituents is 1.